The Morgan fingerprint density at radius 1 is 1.26 bits per heavy atom. The molecule has 0 spiro atoms. The molecule has 3 N–H and O–H groups in total. The van der Waals surface area contributed by atoms with Crippen molar-refractivity contribution >= 4 is 22.8 Å². The maximum Gasteiger partial charge on any atom is 0.172 e. The van der Waals surface area contributed by atoms with Crippen LogP contribution in [-0.2, 0) is 0 Å². The molecule has 0 aliphatic rings. The zero-order chi connectivity index (χ0) is 13.2. The molecule has 2 aromatic heterocycles. The maximum atomic E-state index is 5.88. The molecule has 1 atom stereocenters. The molecule has 0 radical (unpaired) electrons. The van der Waals surface area contributed by atoms with Gasteiger partial charge in [0.15, 0.2) is 5.16 Å². The number of para-hydroxylation sites is 2. The second-order valence-corrected chi connectivity index (χ2v) is 5.39. The van der Waals surface area contributed by atoms with Gasteiger partial charge >= 0.3 is 0 Å². The molecule has 1 aromatic carbocycles. The van der Waals surface area contributed by atoms with Crippen molar-refractivity contribution < 1.29 is 0 Å². The Hall–Kier alpha value is -1.85. The molecule has 0 bridgehead atoms. The van der Waals surface area contributed by atoms with Crippen molar-refractivity contribution in [1.29, 1.82) is 0 Å². The van der Waals surface area contributed by atoms with E-state index in [1.54, 1.807) is 6.20 Å². The standard InChI is InChI=1S/C14H14N4S/c1-9(15)10-6-7-16-13(8-10)19-14-17-11-4-2-3-5-12(11)18-14/h2-9H,15H2,1H3,(H,17,18)/t9-/m1/s1. The zero-order valence-corrected chi connectivity index (χ0v) is 11.3. The van der Waals surface area contributed by atoms with Gasteiger partial charge in [0.25, 0.3) is 0 Å². The van der Waals surface area contributed by atoms with Gasteiger partial charge in [-0.1, -0.05) is 12.1 Å². The Morgan fingerprint density at radius 2 is 2.11 bits per heavy atom. The number of pyridine rings is 1. The third-order valence-electron chi connectivity index (χ3n) is 2.85. The number of nitrogens with two attached hydrogens (primary N) is 1. The SMILES string of the molecule is C[C@@H](N)c1ccnc(Sc2nc3ccccc3[nH]2)c1. The smallest absolute Gasteiger partial charge is 0.172 e. The highest BCUT2D eigenvalue weighted by Gasteiger charge is 2.07. The Bertz CT molecular complexity index is 672. The molecule has 2 heterocycles. The van der Waals surface area contributed by atoms with E-state index in [1.165, 1.54) is 11.8 Å². The van der Waals surface area contributed by atoms with E-state index < -0.39 is 0 Å². The molecule has 0 aliphatic carbocycles. The predicted molar refractivity (Wildman–Crippen MR) is 77.1 cm³/mol. The molecular formula is C14H14N4S. The molecule has 96 valence electrons. The van der Waals surface area contributed by atoms with Crippen molar-refractivity contribution in [2.24, 2.45) is 5.73 Å². The van der Waals surface area contributed by atoms with E-state index in [0.29, 0.717) is 0 Å². The van der Waals surface area contributed by atoms with Crippen LogP contribution in [0.5, 0.6) is 0 Å². The van der Waals surface area contributed by atoms with Crippen molar-refractivity contribution in [3.05, 3.63) is 48.2 Å². The number of hydrogen-bond acceptors (Lipinski definition) is 4. The van der Waals surface area contributed by atoms with Crippen LogP contribution in [0.25, 0.3) is 11.0 Å². The molecule has 5 heteroatoms. The lowest BCUT2D eigenvalue weighted by Crippen LogP contribution is -2.04. The van der Waals surface area contributed by atoms with Gasteiger partial charge in [-0.3, -0.25) is 0 Å². The van der Waals surface area contributed by atoms with Gasteiger partial charge in [-0.15, -0.1) is 0 Å². The summed E-state index contributed by atoms with van der Waals surface area (Å²) in [5.74, 6) is 0. The van der Waals surface area contributed by atoms with Gasteiger partial charge in [0.1, 0.15) is 5.03 Å². The second-order valence-electron chi connectivity index (χ2n) is 4.38. The Morgan fingerprint density at radius 3 is 2.89 bits per heavy atom. The van der Waals surface area contributed by atoms with Gasteiger partial charge in [0.05, 0.1) is 11.0 Å². The average Bonchev–Trinajstić information content (AvgIpc) is 2.81. The molecule has 3 rings (SSSR count). The van der Waals surface area contributed by atoms with Gasteiger partial charge in [-0.25, -0.2) is 9.97 Å². The van der Waals surface area contributed by atoms with Crippen LogP contribution in [0.1, 0.15) is 18.5 Å². The van der Waals surface area contributed by atoms with Crippen LogP contribution in [-0.4, -0.2) is 15.0 Å². The number of aromatic nitrogens is 3. The first kappa shape index (κ1) is 12.2. The molecule has 0 saturated carbocycles. The minimum absolute atomic E-state index is 0.0121. The first-order valence-corrected chi connectivity index (χ1v) is 6.88. The van der Waals surface area contributed by atoms with E-state index in [-0.39, 0.29) is 6.04 Å². The molecule has 0 unspecified atom stereocenters. The number of benzene rings is 1. The topological polar surface area (TPSA) is 67.6 Å². The molecule has 0 fully saturated rings. The van der Waals surface area contributed by atoms with Gasteiger partial charge < -0.3 is 10.7 Å². The number of nitrogens with one attached hydrogen (secondary N) is 1. The van der Waals surface area contributed by atoms with Gasteiger partial charge in [-0.05, 0) is 48.5 Å². The average molecular weight is 270 g/mol. The van der Waals surface area contributed by atoms with Crippen LogP contribution in [0.3, 0.4) is 0 Å². The van der Waals surface area contributed by atoms with Crippen molar-refractivity contribution in [1.82, 2.24) is 15.0 Å². The lowest BCUT2D eigenvalue weighted by Gasteiger charge is -2.05. The first-order chi connectivity index (χ1) is 9.22. The minimum atomic E-state index is 0.0121. The summed E-state index contributed by atoms with van der Waals surface area (Å²) in [6.45, 7) is 1.96. The molecule has 3 aromatic rings. The van der Waals surface area contributed by atoms with E-state index in [0.717, 1.165) is 26.8 Å². The largest absolute Gasteiger partial charge is 0.333 e. The van der Waals surface area contributed by atoms with Crippen LogP contribution >= 0.6 is 11.8 Å². The maximum absolute atomic E-state index is 5.88. The van der Waals surface area contributed by atoms with Gasteiger partial charge in [0.2, 0.25) is 0 Å². The third kappa shape index (κ3) is 2.62. The fourth-order valence-electron chi connectivity index (χ4n) is 1.84. The van der Waals surface area contributed by atoms with Crippen molar-refractivity contribution in [2.45, 2.75) is 23.1 Å². The summed E-state index contributed by atoms with van der Waals surface area (Å²) in [4.78, 5) is 12.1. The highest BCUT2D eigenvalue weighted by atomic mass is 32.2. The lowest BCUT2D eigenvalue weighted by molar-refractivity contribution is 0.808. The van der Waals surface area contributed by atoms with Crippen molar-refractivity contribution in [3.63, 3.8) is 0 Å². The second kappa shape index (κ2) is 5.03. The van der Waals surface area contributed by atoms with Crippen molar-refractivity contribution in [3.8, 4) is 0 Å². The van der Waals surface area contributed by atoms with E-state index in [1.807, 2.05) is 43.3 Å². The molecule has 4 nitrogen and oxygen atoms in total. The predicted octanol–water partition coefficient (Wildman–Crippen LogP) is 3.13. The Kier molecular flexibility index (Phi) is 3.23. The van der Waals surface area contributed by atoms with E-state index in [4.69, 9.17) is 5.73 Å². The number of imidazole rings is 1. The highest BCUT2D eigenvalue weighted by Crippen LogP contribution is 2.26. The van der Waals surface area contributed by atoms with E-state index in [2.05, 4.69) is 15.0 Å². The number of nitrogens with zero attached hydrogens (tertiary/aromatic N) is 2. The fourth-order valence-corrected chi connectivity index (χ4v) is 2.65. The summed E-state index contributed by atoms with van der Waals surface area (Å²) in [7, 11) is 0. The summed E-state index contributed by atoms with van der Waals surface area (Å²) in [6.07, 6.45) is 1.78. The molecular weight excluding hydrogens is 256 g/mol. The van der Waals surface area contributed by atoms with Crippen LogP contribution < -0.4 is 5.73 Å². The Labute approximate surface area is 115 Å². The quantitative estimate of drug-likeness (QED) is 0.767. The number of H-pyrrole nitrogens is 1. The van der Waals surface area contributed by atoms with Crippen LogP contribution in [0.4, 0.5) is 0 Å². The van der Waals surface area contributed by atoms with Crippen LogP contribution in [0.2, 0.25) is 0 Å². The Balaban J connectivity index is 1.90. The first-order valence-electron chi connectivity index (χ1n) is 6.06. The lowest BCUT2D eigenvalue weighted by atomic mass is 10.1. The summed E-state index contributed by atoms with van der Waals surface area (Å²) < 4.78 is 0. The minimum Gasteiger partial charge on any atom is -0.333 e. The third-order valence-corrected chi connectivity index (χ3v) is 3.67. The monoisotopic (exact) mass is 270 g/mol. The van der Waals surface area contributed by atoms with E-state index >= 15 is 0 Å². The number of rotatable bonds is 3. The van der Waals surface area contributed by atoms with Crippen LogP contribution in [0, 0.1) is 0 Å². The molecule has 0 aliphatic heterocycles. The molecule has 19 heavy (non-hydrogen) atoms. The fraction of sp³-hybridized carbons (Fsp3) is 0.143. The summed E-state index contributed by atoms with van der Waals surface area (Å²) >= 11 is 1.51. The summed E-state index contributed by atoms with van der Waals surface area (Å²) in [6, 6.07) is 11.9. The normalized spacial score (nSPS) is 12.7. The number of fused-ring (bicyclic) bond motifs is 1. The summed E-state index contributed by atoms with van der Waals surface area (Å²) in [5.41, 5.74) is 8.96. The number of hydrogen-bond donors (Lipinski definition) is 2. The highest BCUT2D eigenvalue weighted by molar-refractivity contribution is 7.99. The summed E-state index contributed by atoms with van der Waals surface area (Å²) in [5, 5.41) is 1.74. The number of aromatic amines is 1. The van der Waals surface area contributed by atoms with Gasteiger partial charge in [0, 0.05) is 12.2 Å². The molecule has 0 saturated heterocycles. The van der Waals surface area contributed by atoms with E-state index in [9.17, 15) is 0 Å². The molecule has 0 amide bonds. The van der Waals surface area contributed by atoms with Gasteiger partial charge in [-0.2, -0.15) is 0 Å². The van der Waals surface area contributed by atoms with Crippen LogP contribution in [0.15, 0.2) is 52.8 Å². The zero-order valence-electron chi connectivity index (χ0n) is 10.5. The van der Waals surface area contributed by atoms with Crippen molar-refractivity contribution in [2.75, 3.05) is 0 Å².